The Morgan fingerprint density at radius 2 is 2.10 bits per heavy atom. The highest BCUT2D eigenvalue weighted by molar-refractivity contribution is 7.09. The third kappa shape index (κ3) is 3.05. The zero-order valence-corrected chi connectivity index (χ0v) is 13.2. The summed E-state index contributed by atoms with van der Waals surface area (Å²) in [5.74, 6) is 2.04. The summed E-state index contributed by atoms with van der Waals surface area (Å²) in [5.41, 5.74) is 2.26. The summed E-state index contributed by atoms with van der Waals surface area (Å²) >= 11 is 1.43. The first-order valence-corrected chi connectivity index (χ1v) is 8.02. The van der Waals surface area contributed by atoms with Crippen LogP contribution in [0.1, 0.15) is 25.0 Å². The van der Waals surface area contributed by atoms with E-state index >= 15 is 0 Å². The number of imidazole rings is 1. The third-order valence-electron chi connectivity index (χ3n) is 3.52. The smallest absolute Gasteiger partial charge is 0.202 e. The van der Waals surface area contributed by atoms with E-state index in [1.807, 2.05) is 6.07 Å². The Kier molecular flexibility index (Phi) is 4.15. The molecule has 2 heterocycles. The van der Waals surface area contributed by atoms with Gasteiger partial charge in [-0.15, -0.1) is 0 Å². The summed E-state index contributed by atoms with van der Waals surface area (Å²) in [6.07, 6.45) is 2.87. The molecule has 0 bridgehead atoms. The van der Waals surface area contributed by atoms with E-state index in [1.165, 1.54) is 17.0 Å². The standard InChI is InChI=1S/C15H19N5S/c1-3-13-18-15(21-19-13)16-10-6-9-14-17-11-7-4-5-8-12(11)20(14)2/h4-5,7-8H,3,6,9-10H2,1-2H3,(H,16,18,19). The molecule has 0 amide bonds. The molecule has 3 rings (SSSR count). The minimum atomic E-state index is 0.887. The molecule has 2 aromatic heterocycles. The van der Waals surface area contributed by atoms with Crippen LogP contribution >= 0.6 is 11.5 Å². The molecular weight excluding hydrogens is 282 g/mol. The van der Waals surface area contributed by atoms with Crippen molar-refractivity contribution in [3.63, 3.8) is 0 Å². The lowest BCUT2D eigenvalue weighted by Crippen LogP contribution is -2.05. The van der Waals surface area contributed by atoms with Crippen LogP contribution in [-0.2, 0) is 19.9 Å². The summed E-state index contributed by atoms with van der Waals surface area (Å²) in [5, 5.41) is 4.24. The second-order valence-corrected chi connectivity index (χ2v) is 5.73. The lowest BCUT2D eigenvalue weighted by atomic mass is 10.3. The van der Waals surface area contributed by atoms with Gasteiger partial charge in [-0.2, -0.15) is 4.37 Å². The number of nitrogens with one attached hydrogen (secondary N) is 1. The molecule has 0 aliphatic rings. The average molecular weight is 301 g/mol. The molecule has 6 heteroatoms. The number of anilines is 1. The Labute approximate surface area is 128 Å². The van der Waals surface area contributed by atoms with E-state index in [9.17, 15) is 0 Å². The number of aromatic nitrogens is 4. The van der Waals surface area contributed by atoms with Crippen molar-refractivity contribution in [1.82, 2.24) is 18.9 Å². The van der Waals surface area contributed by atoms with E-state index in [0.29, 0.717) is 0 Å². The van der Waals surface area contributed by atoms with Gasteiger partial charge in [-0.1, -0.05) is 19.1 Å². The van der Waals surface area contributed by atoms with Crippen molar-refractivity contribution in [2.75, 3.05) is 11.9 Å². The predicted molar refractivity (Wildman–Crippen MR) is 86.8 cm³/mol. The van der Waals surface area contributed by atoms with Gasteiger partial charge in [0.2, 0.25) is 5.13 Å². The molecule has 0 unspecified atom stereocenters. The fourth-order valence-corrected chi connectivity index (χ4v) is 3.00. The van der Waals surface area contributed by atoms with Crippen LogP contribution in [0.4, 0.5) is 5.13 Å². The lowest BCUT2D eigenvalue weighted by Gasteiger charge is -2.03. The summed E-state index contributed by atoms with van der Waals surface area (Å²) < 4.78 is 6.44. The molecule has 1 N–H and O–H groups in total. The Morgan fingerprint density at radius 3 is 2.86 bits per heavy atom. The predicted octanol–water partition coefficient (Wildman–Crippen LogP) is 3.03. The Morgan fingerprint density at radius 1 is 1.24 bits per heavy atom. The quantitative estimate of drug-likeness (QED) is 0.711. The van der Waals surface area contributed by atoms with Gasteiger partial charge in [-0.3, -0.25) is 0 Å². The van der Waals surface area contributed by atoms with Gasteiger partial charge >= 0.3 is 0 Å². The molecule has 0 atom stereocenters. The van der Waals surface area contributed by atoms with Crippen LogP contribution in [0.2, 0.25) is 0 Å². The van der Waals surface area contributed by atoms with Crippen LogP contribution in [0, 0.1) is 0 Å². The van der Waals surface area contributed by atoms with E-state index in [2.05, 4.69) is 56.4 Å². The van der Waals surface area contributed by atoms with Gasteiger partial charge < -0.3 is 9.88 Å². The molecular formula is C15H19N5S. The summed E-state index contributed by atoms with van der Waals surface area (Å²) in [6.45, 7) is 2.96. The normalized spacial score (nSPS) is 11.1. The molecule has 0 saturated heterocycles. The van der Waals surface area contributed by atoms with Gasteiger partial charge in [0.15, 0.2) is 0 Å². The number of rotatable bonds is 6. The molecule has 0 saturated carbocycles. The van der Waals surface area contributed by atoms with E-state index in [-0.39, 0.29) is 0 Å². The molecule has 21 heavy (non-hydrogen) atoms. The fourth-order valence-electron chi connectivity index (χ4n) is 2.33. The molecule has 0 aliphatic heterocycles. The van der Waals surface area contributed by atoms with Crippen molar-refractivity contribution < 1.29 is 0 Å². The Balaban J connectivity index is 1.55. The number of hydrogen-bond acceptors (Lipinski definition) is 5. The lowest BCUT2D eigenvalue weighted by molar-refractivity contribution is 0.753. The molecule has 1 aromatic carbocycles. The Hall–Kier alpha value is -1.95. The maximum Gasteiger partial charge on any atom is 0.202 e. The second-order valence-electron chi connectivity index (χ2n) is 4.98. The first kappa shape index (κ1) is 14.0. The monoisotopic (exact) mass is 301 g/mol. The van der Waals surface area contributed by atoms with E-state index in [4.69, 9.17) is 0 Å². The molecule has 0 fully saturated rings. The van der Waals surface area contributed by atoms with Gasteiger partial charge in [0.05, 0.1) is 11.0 Å². The van der Waals surface area contributed by atoms with Crippen LogP contribution < -0.4 is 5.32 Å². The number of fused-ring (bicyclic) bond motifs is 1. The topological polar surface area (TPSA) is 55.6 Å². The summed E-state index contributed by atoms with van der Waals surface area (Å²) in [6, 6.07) is 8.25. The van der Waals surface area contributed by atoms with Crippen LogP contribution in [0.15, 0.2) is 24.3 Å². The molecule has 3 aromatic rings. The molecule has 0 radical (unpaired) electrons. The van der Waals surface area contributed by atoms with Crippen molar-refractivity contribution in [2.45, 2.75) is 26.2 Å². The van der Waals surface area contributed by atoms with Crippen LogP contribution in [0.5, 0.6) is 0 Å². The number of nitrogens with zero attached hydrogens (tertiary/aromatic N) is 4. The summed E-state index contributed by atoms with van der Waals surface area (Å²) in [7, 11) is 2.08. The highest BCUT2D eigenvalue weighted by Gasteiger charge is 2.07. The first-order chi connectivity index (χ1) is 10.3. The minimum Gasteiger partial charge on any atom is -0.360 e. The number of para-hydroxylation sites is 2. The molecule has 0 aliphatic carbocycles. The largest absolute Gasteiger partial charge is 0.360 e. The van der Waals surface area contributed by atoms with E-state index in [0.717, 1.165) is 48.1 Å². The Bertz CT molecular complexity index is 731. The third-order valence-corrected chi connectivity index (χ3v) is 4.23. The number of hydrogen-bond donors (Lipinski definition) is 1. The van der Waals surface area contributed by atoms with Gasteiger partial charge in [-0.05, 0) is 18.6 Å². The first-order valence-electron chi connectivity index (χ1n) is 7.24. The van der Waals surface area contributed by atoms with Gasteiger partial charge in [0, 0.05) is 38.0 Å². The van der Waals surface area contributed by atoms with Crippen molar-refractivity contribution >= 4 is 27.7 Å². The van der Waals surface area contributed by atoms with Crippen molar-refractivity contribution in [3.05, 3.63) is 35.9 Å². The molecule has 0 spiro atoms. The van der Waals surface area contributed by atoms with Crippen molar-refractivity contribution in [1.29, 1.82) is 0 Å². The van der Waals surface area contributed by atoms with Crippen molar-refractivity contribution in [3.8, 4) is 0 Å². The van der Waals surface area contributed by atoms with Gasteiger partial charge in [-0.25, -0.2) is 9.97 Å². The average Bonchev–Trinajstić information content (AvgIpc) is 3.09. The van der Waals surface area contributed by atoms with Gasteiger partial charge in [0.1, 0.15) is 11.6 Å². The minimum absolute atomic E-state index is 0.887. The highest BCUT2D eigenvalue weighted by atomic mass is 32.1. The van der Waals surface area contributed by atoms with E-state index in [1.54, 1.807) is 0 Å². The highest BCUT2D eigenvalue weighted by Crippen LogP contribution is 2.16. The maximum atomic E-state index is 4.68. The second kappa shape index (κ2) is 6.22. The van der Waals surface area contributed by atoms with E-state index < -0.39 is 0 Å². The van der Waals surface area contributed by atoms with Gasteiger partial charge in [0.25, 0.3) is 0 Å². The molecule has 110 valence electrons. The fraction of sp³-hybridized carbons (Fsp3) is 0.400. The van der Waals surface area contributed by atoms with Crippen LogP contribution in [0.25, 0.3) is 11.0 Å². The number of aryl methyl sites for hydroxylation is 3. The maximum absolute atomic E-state index is 4.68. The SMILES string of the molecule is CCc1nsc(NCCCc2nc3ccccc3n2C)n1. The van der Waals surface area contributed by atoms with Crippen LogP contribution in [0.3, 0.4) is 0 Å². The van der Waals surface area contributed by atoms with Crippen LogP contribution in [-0.4, -0.2) is 25.5 Å². The molecule has 5 nitrogen and oxygen atoms in total. The summed E-state index contributed by atoms with van der Waals surface area (Å²) in [4.78, 5) is 9.09. The number of benzene rings is 1. The zero-order valence-electron chi connectivity index (χ0n) is 12.3. The zero-order chi connectivity index (χ0) is 14.7. The van der Waals surface area contributed by atoms with Crippen molar-refractivity contribution in [2.24, 2.45) is 7.05 Å².